The minimum absolute atomic E-state index is 0.0258. The van der Waals surface area contributed by atoms with E-state index < -0.39 is 27.2 Å². The van der Waals surface area contributed by atoms with Gasteiger partial charge in [-0.25, -0.2) is 8.42 Å². The van der Waals surface area contributed by atoms with E-state index in [9.17, 15) is 18.3 Å². The second-order valence-electron chi connectivity index (χ2n) is 5.49. The number of methoxy groups -OCH3 is 1. The van der Waals surface area contributed by atoms with Crippen molar-refractivity contribution in [2.75, 3.05) is 13.7 Å². The van der Waals surface area contributed by atoms with Crippen molar-refractivity contribution in [3.63, 3.8) is 0 Å². The van der Waals surface area contributed by atoms with Gasteiger partial charge in [-0.15, -0.1) is 0 Å². The minimum atomic E-state index is -3.80. The first-order chi connectivity index (χ1) is 11.0. The monoisotopic (exact) mass is 338 g/mol. The number of fused-ring (bicyclic) bond motifs is 1. The largest absolute Gasteiger partial charge is 0.479 e. The third-order valence-corrected chi connectivity index (χ3v) is 6.23. The first-order valence-corrected chi connectivity index (χ1v) is 8.81. The number of carbonyl (C=O) groups is 1. The third-order valence-electron chi connectivity index (χ3n) is 4.13. The summed E-state index contributed by atoms with van der Waals surface area (Å²) >= 11 is 0. The van der Waals surface area contributed by atoms with Crippen LogP contribution in [0, 0.1) is 0 Å². The van der Waals surface area contributed by atoms with Gasteiger partial charge in [0.1, 0.15) is 0 Å². The Labute approximate surface area is 134 Å². The molecule has 1 atom stereocenters. The van der Waals surface area contributed by atoms with Crippen LogP contribution in [-0.4, -0.2) is 47.7 Å². The molecule has 0 bridgehead atoms. The summed E-state index contributed by atoms with van der Waals surface area (Å²) < 4.78 is 31.5. The zero-order valence-corrected chi connectivity index (χ0v) is 13.5. The fourth-order valence-corrected chi connectivity index (χ4v) is 5.03. The number of aliphatic hydroxyl groups is 1. The molecule has 1 aromatic rings. The maximum absolute atomic E-state index is 12.9. The molecule has 1 unspecified atom stereocenters. The van der Waals surface area contributed by atoms with E-state index in [4.69, 9.17) is 4.74 Å². The van der Waals surface area contributed by atoms with Crippen molar-refractivity contribution in [3.8, 4) is 0 Å². The van der Waals surface area contributed by atoms with Crippen LogP contribution in [0.25, 0.3) is 0 Å². The van der Waals surface area contributed by atoms with Crippen molar-refractivity contribution < 1.29 is 23.1 Å². The lowest BCUT2D eigenvalue weighted by molar-refractivity contribution is -0.129. The summed E-state index contributed by atoms with van der Waals surface area (Å²) in [6, 6.07) is 8.93. The van der Waals surface area contributed by atoms with Crippen molar-refractivity contribution in [1.82, 2.24) is 9.21 Å². The molecule has 0 radical (unpaired) electrons. The average molecular weight is 338 g/mol. The molecule has 2 aliphatic heterocycles. The van der Waals surface area contributed by atoms with E-state index >= 15 is 0 Å². The second-order valence-corrected chi connectivity index (χ2v) is 7.51. The highest BCUT2D eigenvalue weighted by atomic mass is 32.2. The fourth-order valence-electron chi connectivity index (χ4n) is 3.01. The molecule has 0 spiro atoms. The molecule has 2 saturated heterocycles. The average Bonchev–Trinajstić information content (AvgIpc) is 3.04. The summed E-state index contributed by atoms with van der Waals surface area (Å²) in [6.45, 7) is 0.338. The van der Waals surface area contributed by atoms with Gasteiger partial charge in [0.2, 0.25) is 0 Å². The summed E-state index contributed by atoms with van der Waals surface area (Å²) in [7, 11) is -2.60. The number of aliphatic hydroxyl groups excluding tert-OH is 1. The molecule has 0 aliphatic carbocycles. The number of nitrogens with zero attached hydrogens (tertiary/aromatic N) is 2. The quantitative estimate of drug-likeness (QED) is 0.660. The molecule has 23 heavy (non-hydrogen) atoms. The van der Waals surface area contributed by atoms with Crippen LogP contribution in [0.4, 0.5) is 0 Å². The van der Waals surface area contributed by atoms with Crippen LogP contribution in [0.2, 0.25) is 0 Å². The Morgan fingerprint density at radius 1 is 1.35 bits per heavy atom. The van der Waals surface area contributed by atoms with Crippen molar-refractivity contribution >= 4 is 15.9 Å². The van der Waals surface area contributed by atoms with E-state index in [-0.39, 0.29) is 12.2 Å². The van der Waals surface area contributed by atoms with Gasteiger partial charge in [0.05, 0.1) is 13.7 Å². The molecule has 3 rings (SSSR count). The van der Waals surface area contributed by atoms with Crippen LogP contribution in [0.15, 0.2) is 42.0 Å². The Bertz CT molecular complexity index is 744. The summed E-state index contributed by atoms with van der Waals surface area (Å²) in [5.74, 6) is -1.20. The van der Waals surface area contributed by atoms with Crippen molar-refractivity contribution in [1.29, 1.82) is 0 Å². The van der Waals surface area contributed by atoms with Crippen molar-refractivity contribution in [3.05, 3.63) is 47.5 Å². The molecule has 1 N–H and O–H groups in total. The number of rotatable bonds is 3. The summed E-state index contributed by atoms with van der Waals surface area (Å²) in [5, 5.41) is 9.09. The Hall–Kier alpha value is -2.22. The maximum atomic E-state index is 12.9. The maximum Gasteiger partial charge on any atom is 0.307 e. The van der Waals surface area contributed by atoms with E-state index in [0.29, 0.717) is 19.4 Å². The number of amides is 1. The van der Waals surface area contributed by atoms with Crippen LogP contribution in [-0.2, 0) is 26.1 Å². The lowest BCUT2D eigenvalue weighted by Gasteiger charge is -2.38. The molecule has 0 aromatic heterocycles. The van der Waals surface area contributed by atoms with Gasteiger partial charge in [-0.1, -0.05) is 30.3 Å². The molecule has 2 aliphatic rings. The van der Waals surface area contributed by atoms with Crippen LogP contribution in [0.1, 0.15) is 18.4 Å². The van der Waals surface area contributed by atoms with E-state index in [1.807, 2.05) is 6.07 Å². The van der Waals surface area contributed by atoms with Crippen LogP contribution >= 0.6 is 0 Å². The summed E-state index contributed by atoms with van der Waals surface area (Å²) in [6.07, 6.45) is 1.02. The number of hydrogen-bond acceptors (Lipinski definition) is 5. The molecule has 2 heterocycles. The molecule has 1 aromatic carbocycles. The van der Waals surface area contributed by atoms with Gasteiger partial charge in [-0.2, -0.15) is 0 Å². The minimum Gasteiger partial charge on any atom is -0.479 e. The summed E-state index contributed by atoms with van der Waals surface area (Å²) in [4.78, 5) is 13.9. The topological polar surface area (TPSA) is 87.1 Å². The van der Waals surface area contributed by atoms with Crippen LogP contribution in [0.3, 0.4) is 0 Å². The number of hydrogen-bond donors (Lipinski definition) is 1. The van der Waals surface area contributed by atoms with E-state index in [0.717, 1.165) is 9.87 Å². The van der Waals surface area contributed by atoms with E-state index in [1.54, 1.807) is 24.3 Å². The zero-order valence-electron chi connectivity index (χ0n) is 12.7. The van der Waals surface area contributed by atoms with Crippen molar-refractivity contribution in [2.24, 2.45) is 0 Å². The fraction of sp³-hybridized carbons (Fsp3) is 0.400. The highest BCUT2D eigenvalue weighted by Gasteiger charge is 2.51. The van der Waals surface area contributed by atoms with E-state index in [1.165, 1.54) is 12.0 Å². The lowest BCUT2D eigenvalue weighted by Crippen LogP contribution is -2.55. The Morgan fingerprint density at radius 2 is 2.04 bits per heavy atom. The van der Waals surface area contributed by atoms with Crippen LogP contribution in [0.5, 0.6) is 0 Å². The summed E-state index contributed by atoms with van der Waals surface area (Å²) in [5.41, 5.74) is 0.395. The molecule has 7 nitrogen and oxygen atoms in total. The predicted octanol–water partition coefficient (Wildman–Crippen LogP) is 1.15. The molecule has 8 heteroatoms. The molecule has 124 valence electrons. The zero-order chi connectivity index (χ0) is 16.6. The number of sulfonamides is 1. The van der Waals surface area contributed by atoms with Gasteiger partial charge < -0.3 is 14.7 Å². The lowest BCUT2D eigenvalue weighted by atomic mass is 10.2. The number of ether oxygens (including phenoxy) is 1. The van der Waals surface area contributed by atoms with Crippen LogP contribution < -0.4 is 0 Å². The highest BCUT2D eigenvalue weighted by molar-refractivity contribution is 7.90. The molecule has 0 saturated carbocycles. The number of benzene rings is 1. The normalized spacial score (nSPS) is 25.3. The third kappa shape index (κ3) is 2.52. The first-order valence-electron chi connectivity index (χ1n) is 7.30. The Kier molecular flexibility index (Phi) is 3.93. The second kappa shape index (κ2) is 5.77. The molecule has 1 amide bonds. The molecular formula is C15H18N2O5S. The van der Waals surface area contributed by atoms with Crippen molar-refractivity contribution in [2.45, 2.75) is 24.8 Å². The van der Waals surface area contributed by atoms with Gasteiger partial charge in [0.25, 0.3) is 15.9 Å². The number of carbonyl (C=O) groups excluding carboxylic acids is 1. The molecular weight excluding hydrogens is 320 g/mol. The predicted molar refractivity (Wildman–Crippen MR) is 82.3 cm³/mol. The van der Waals surface area contributed by atoms with E-state index in [2.05, 4.69) is 0 Å². The van der Waals surface area contributed by atoms with Gasteiger partial charge in [0.15, 0.2) is 11.1 Å². The Morgan fingerprint density at radius 3 is 2.70 bits per heavy atom. The SMILES string of the molecule is COC(O)=C1C(=O)N2CCCC2S(=O)(=O)N1Cc1ccccc1. The van der Waals surface area contributed by atoms with Gasteiger partial charge in [0, 0.05) is 6.54 Å². The van der Waals surface area contributed by atoms with Gasteiger partial charge >= 0.3 is 5.95 Å². The van der Waals surface area contributed by atoms with Gasteiger partial charge in [-0.3, -0.25) is 9.10 Å². The first kappa shape index (κ1) is 15.7. The Balaban J connectivity index is 2.09. The highest BCUT2D eigenvalue weighted by Crippen LogP contribution is 2.35. The molecule has 2 fully saturated rings. The van der Waals surface area contributed by atoms with Gasteiger partial charge in [-0.05, 0) is 18.4 Å². The smallest absolute Gasteiger partial charge is 0.307 e. The standard InChI is InChI=1S/C15H18N2O5S/c1-22-15(19)13-14(18)16-9-5-8-12(16)23(20,21)17(13)10-11-6-3-2-4-7-11/h2-4,6-7,12,19H,5,8-10H2,1H3.